The number of hydrogen-bond donors (Lipinski definition) is 1. The van der Waals surface area contributed by atoms with Crippen LogP contribution in [0.5, 0.6) is 0 Å². The zero-order valence-corrected chi connectivity index (χ0v) is 13.7. The van der Waals surface area contributed by atoms with Crippen molar-refractivity contribution in [3.8, 4) is 0 Å². The predicted octanol–water partition coefficient (Wildman–Crippen LogP) is 3.84. The van der Waals surface area contributed by atoms with E-state index >= 15 is 0 Å². The number of hydrogen-bond acceptors (Lipinski definition) is 2. The molecule has 0 spiro atoms. The quantitative estimate of drug-likeness (QED) is 0.870. The van der Waals surface area contributed by atoms with Crippen LogP contribution in [-0.2, 0) is 19.6 Å². The Morgan fingerprint density at radius 3 is 2.55 bits per heavy atom. The minimum atomic E-state index is 0.0431. The van der Waals surface area contributed by atoms with Crippen LogP contribution in [0.2, 0.25) is 0 Å². The van der Waals surface area contributed by atoms with Crippen molar-refractivity contribution in [2.75, 3.05) is 0 Å². The molecule has 4 heteroatoms. The number of aliphatic hydroxyl groups is 1. The smallest absolute Gasteiger partial charge is 0.109 e. The van der Waals surface area contributed by atoms with Gasteiger partial charge in [-0.3, -0.25) is 0 Å². The van der Waals surface area contributed by atoms with E-state index in [0.29, 0.717) is 0 Å². The number of halogens is 1. The van der Waals surface area contributed by atoms with Crippen molar-refractivity contribution in [1.29, 1.82) is 0 Å². The highest BCUT2D eigenvalue weighted by Gasteiger charge is 2.13. The lowest BCUT2D eigenvalue weighted by Gasteiger charge is -2.11. The maximum absolute atomic E-state index is 9.59. The fourth-order valence-corrected chi connectivity index (χ4v) is 2.62. The Labute approximate surface area is 128 Å². The Morgan fingerprint density at radius 2 is 1.95 bits per heavy atom. The van der Waals surface area contributed by atoms with Gasteiger partial charge in [0.25, 0.3) is 0 Å². The van der Waals surface area contributed by atoms with E-state index in [1.807, 2.05) is 19.1 Å². The first-order valence-electron chi connectivity index (χ1n) is 7.05. The fraction of sp³-hybridized carbons (Fsp3) is 0.438. The largest absolute Gasteiger partial charge is 0.390 e. The third-order valence-electron chi connectivity index (χ3n) is 3.51. The number of aliphatic hydroxyl groups excluding tert-OH is 1. The highest BCUT2D eigenvalue weighted by atomic mass is 79.9. The summed E-state index contributed by atoms with van der Waals surface area (Å²) in [5.41, 5.74) is 3.09. The minimum Gasteiger partial charge on any atom is -0.390 e. The monoisotopic (exact) mass is 336 g/mol. The van der Waals surface area contributed by atoms with Crippen LogP contribution in [0.1, 0.15) is 42.5 Å². The van der Waals surface area contributed by atoms with Gasteiger partial charge in [0.2, 0.25) is 0 Å². The van der Waals surface area contributed by atoms with Gasteiger partial charge in [0.15, 0.2) is 0 Å². The molecule has 0 amide bonds. The predicted molar refractivity (Wildman–Crippen MR) is 84.7 cm³/mol. The molecule has 1 heterocycles. The zero-order valence-electron chi connectivity index (χ0n) is 12.1. The third kappa shape index (κ3) is 3.49. The van der Waals surface area contributed by atoms with E-state index in [1.165, 1.54) is 5.56 Å². The van der Waals surface area contributed by atoms with Crippen molar-refractivity contribution in [3.63, 3.8) is 0 Å². The van der Waals surface area contributed by atoms with Crippen LogP contribution < -0.4 is 0 Å². The Hall–Kier alpha value is -1.13. The number of aryl methyl sites for hydroxylation is 2. The number of unbranched alkanes of at least 4 members (excludes halogenated alkanes) is 1. The molecule has 20 heavy (non-hydrogen) atoms. The molecule has 3 nitrogen and oxygen atoms in total. The van der Waals surface area contributed by atoms with Crippen LogP contribution in [0.3, 0.4) is 0 Å². The lowest BCUT2D eigenvalue weighted by Crippen LogP contribution is -2.09. The highest BCUT2D eigenvalue weighted by Crippen LogP contribution is 2.18. The van der Waals surface area contributed by atoms with Gasteiger partial charge in [0.05, 0.1) is 18.0 Å². The molecule has 1 aromatic heterocycles. The molecule has 0 atom stereocenters. The molecule has 0 bridgehead atoms. The fourth-order valence-electron chi connectivity index (χ4n) is 2.35. The molecule has 1 aromatic carbocycles. The number of nitrogens with zero attached hydrogens (tertiary/aromatic N) is 2. The molecule has 2 rings (SSSR count). The van der Waals surface area contributed by atoms with E-state index in [1.54, 1.807) is 0 Å². The number of imidazole rings is 1. The SMILES string of the molecule is CCCCc1nc(C)c(CO)n1Cc1ccc(Br)cc1. The van der Waals surface area contributed by atoms with E-state index in [-0.39, 0.29) is 6.61 Å². The van der Waals surface area contributed by atoms with Gasteiger partial charge in [-0.05, 0) is 31.0 Å². The van der Waals surface area contributed by atoms with Gasteiger partial charge in [-0.1, -0.05) is 41.4 Å². The minimum absolute atomic E-state index is 0.0431. The van der Waals surface area contributed by atoms with E-state index < -0.39 is 0 Å². The molecule has 108 valence electrons. The third-order valence-corrected chi connectivity index (χ3v) is 4.04. The van der Waals surface area contributed by atoms with Gasteiger partial charge in [0, 0.05) is 17.4 Å². The molecule has 0 aliphatic heterocycles. The molecule has 0 fully saturated rings. The van der Waals surface area contributed by atoms with Crippen LogP contribution in [0, 0.1) is 6.92 Å². The Kier molecular flexibility index (Phi) is 5.38. The van der Waals surface area contributed by atoms with Gasteiger partial charge in [-0.25, -0.2) is 4.98 Å². The van der Waals surface area contributed by atoms with E-state index in [9.17, 15) is 5.11 Å². The highest BCUT2D eigenvalue weighted by molar-refractivity contribution is 9.10. The van der Waals surface area contributed by atoms with Gasteiger partial charge < -0.3 is 9.67 Å². The summed E-state index contributed by atoms with van der Waals surface area (Å²) in [4.78, 5) is 4.63. The summed E-state index contributed by atoms with van der Waals surface area (Å²) in [7, 11) is 0. The molecular weight excluding hydrogens is 316 g/mol. The van der Waals surface area contributed by atoms with Crippen molar-refractivity contribution >= 4 is 15.9 Å². The van der Waals surface area contributed by atoms with Crippen LogP contribution >= 0.6 is 15.9 Å². The number of aromatic nitrogens is 2. The molecule has 0 saturated carbocycles. The number of rotatable bonds is 6. The van der Waals surface area contributed by atoms with Gasteiger partial charge >= 0.3 is 0 Å². The standard InChI is InChI=1S/C16H21BrN2O/c1-3-4-5-16-18-12(2)15(11-20)19(16)10-13-6-8-14(17)9-7-13/h6-9,20H,3-5,10-11H2,1-2H3. The van der Waals surface area contributed by atoms with Crippen LogP contribution in [0.4, 0.5) is 0 Å². The number of benzene rings is 1. The summed E-state index contributed by atoms with van der Waals surface area (Å²) in [5.74, 6) is 1.08. The topological polar surface area (TPSA) is 38.1 Å². The zero-order chi connectivity index (χ0) is 14.5. The van der Waals surface area contributed by atoms with E-state index in [0.717, 1.165) is 47.5 Å². The molecule has 2 aromatic rings. The summed E-state index contributed by atoms with van der Waals surface area (Å²) in [6.07, 6.45) is 3.24. The van der Waals surface area contributed by atoms with Crippen molar-refractivity contribution in [1.82, 2.24) is 9.55 Å². The Morgan fingerprint density at radius 1 is 1.25 bits per heavy atom. The molecule has 0 saturated heterocycles. The Balaban J connectivity index is 2.30. The maximum atomic E-state index is 9.59. The van der Waals surface area contributed by atoms with E-state index in [4.69, 9.17) is 0 Å². The summed E-state index contributed by atoms with van der Waals surface area (Å²) >= 11 is 3.45. The maximum Gasteiger partial charge on any atom is 0.109 e. The summed E-state index contributed by atoms with van der Waals surface area (Å²) in [6, 6.07) is 8.29. The van der Waals surface area contributed by atoms with Gasteiger partial charge in [-0.2, -0.15) is 0 Å². The van der Waals surface area contributed by atoms with Crippen molar-refractivity contribution in [3.05, 3.63) is 51.5 Å². The van der Waals surface area contributed by atoms with Crippen LogP contribution in [-0.4, -0.2) is 14.7 Å². The average Bonchev–Trinajstić information content (AvgIpc) is 2.74. The van der Waals surface area contributed by atoms with Crippen LogP contribution in [0.15, 0.2) is 28.7 Å². The van der Waals surface area contributed by atoms with Crippen molar-refractivity contribution in [2.45, 2.75) is 46.3 Å². The normalized spacial score (nSPS) is 11.0. The first kappa shape index (κ1) is 15.3. The molecule has 0 aliphatic rings. The van der Waals surface area contributed by atoms with Crippen molar-refractivity contribution in [2.24, 2.45) is 0 Å². The lowest BCUT2D eigenvalue weighted by atomic mass is 10.2. The van der Waals surface area contributed by atoms with Gasteiger partial charge in [0.1, 0.15) is 5.82 Å². The molecule has 0 unspecified atom stereocenters. The molecule has 1 N–H and O–H groups in total. The van der Waals surface area contributed by atoms with E-state index in [2.05, 4.69) is 44.5 Å². The lowest BCUT2D eigenvalue weighted by molar-refractivity contribution is 0.270. The summed E-state index contributed by atoms with van der Waals surface area (Å²) in [5, 5.41) is 9.59. The first-order valence-corrected chi connectivity index (χ1v) is 7.85. The molecular formula is C16H21BrN2O. The summed E-state index contributed by atoms with van der Waals surface area (Å²) < 4.78 is 3.24. The first-order chi connectivity index (χ1) is 9.65. The van der Waals surface area contributed by atoms with Crippen LogP contribution in [0.25, 0.3) is 0 Å². The average molecular weight is 337 g/mol. The van der Waals surface area contributed by atoms with Crippen molar-refractivity contribution < 1.29 is 5.11 Å². The second-order valence-electron chi connectivity index (χ2n) is 5.03. The molecule has 0 aliphatic carbocycles. The second kappa shape index (κ2) is 7.04. The van der Waals surface area contributed by atoms with Gasteiger partial charge in [-0.15, -0.1) is 0 Å². The molecule has 0 radical (unpaired) electrons. The second-order valence-corrected chi connectivity index (χ2v) is 5.95. The Bertz CT molecular complexity index is 561. The summed E-state index contributed by atoms with van der Waals surface area (Å²) in [6.45, 7) is 4.96.